The number of fused-ring (bicyclic) bond motifs is 4. The molecule has 144 valence electrons. The Kier molecular flexibility index (Phi) is 3.89. The predicted molar refractivity (Wildman–Crippen MR) is 113 cm³/mol. The summed E-state index contributed by atoms with van der Waals surface area (Å²) in [5, 5.41) is 2.58. The molecule has 6 heteroatoms. The van der Waals surface area contributed by atoms with Crippen molar-refractivity contribution in [3.05, 3.63) is 103 Å². The van der Waals surface area contributed by atoms with Gasteiger partial charge in [-0.2, -0.15) is 0 Å². The normalized spacial score (nSPS) is 14.9. The molecular formula is C23H17ClN2O3. The van der Waals surface area contributed by atoms with Crippen LogP contribution in [-0.4, -0.2) is 9.13 Å². The van der Waals surface area contributed by atoms with Gasteiger partial charge in [-0.25, -0.2) is 4.79 Å². The van der Waals surface area contributed by atoms with Gasteiger partial charge < -0.3 is 4.74 Å². The van der Waals surface area contributed by atoms with Gasteiger partial charge in [0.1, 0.15) is 5.75 Å². The highest BCUT2D eigenvalue weighted by Crippen LogP contribution is 2.49. The Morgan fingerprint density at radius 1 is 0.862 bits per heavy atom. The highest BCUT2D eigenvalue weighted by molar-refractivity contribution is 6.31. The number of hydrogen-bond donors (Lipinski definition) is 0. The lowest BCUT2D eigenvalue weighted by Gasteiger charge is -2.30. The molecule has 1 aromatic heterocycles. The smallest absolute Gasteiger partial charge is 0.333 e. The molecule has 2 heterocycles. The number of rotatable bonds is 1. The second kappa shape index (κ2) is 6.36. The van der Waals surface area contributed by atoms with Gasteiger partial charge in [-0.05, 0) is 28.5 Å². The standard InChI is InChI=1S/C23H17ClN2O3/c1-25-21(27)20-19(15-9-5-6-10-16(15)24)18-14-8-4-3-7-13(14)11-12-17(18)29-22(20)26(2)23(25)28/h3-12,19H,1-2H3. The Hall–Kier alpha value is -3.31. The first kappa shape index (κ1) is 17.8. The van der Waals surface area contributed by atoms with E-state index in [0.717, 1.165) is 26.5 Å². The summed E-state index contributed by atoms with van der Waals surface area (Å²) in [6.07, 6.45) is 0. The van der Waals surface area contributed by atoms with Crippen molar-refractivity contribution >= 4 is 22.4 Å². The fraction of sp³-hybridized carbons (Fsp3) is 0.130. The molecule has 29 heavy (non-hydrogen) atoms. The minimum atomic E-state index is -0.459. The average molecular weight is 405 g/mol. The van der Waals surface area contributed by atoms with E-state index in [1.807, 2.05) is 60.7 Å². The van der Waals surface area contributed by atoms with Crippen LogP contribution in [0, 0.1) is 0 Å². The molecule has 0 radical (unpaired) electrons. The van der Waals surface area contributed by atoms with E-state index in [1.165, 1.54) is 11.6 Å². The van der Waals surface area contributed by atoms with Crippen molar-refractivity contribution in [3.63, 3.8) is 0 Å². The molecule has 0 saturated carbocycles. The molecule has 0 fully saturated rings. The molecule has 1 unspecified atom stereocenters. The average Bonchev–Trinajstić information content (AvgIpc) is 2.75. The van der Waals surface area contributed by atoms with Crippen molar-refractivity contribution in [3.8, 4) is 11.6 Å². The number of halogens is 1. The minimum Gasteiger partial charge on any atom is -0.440 e. The van der Waals surface area contributed by atoms with E-state index < -0.39 is 11.6 Å². The zero-order chi connectivity index (χ0) is 20.3. The van der Waals surface area contributed by atoms with Crippen molar-refractivity contribution in [2.24, 2.45) is 14.1 Å². The summed E-state index contributed by atoms with van der Waals surface area (Å²) in [6, 6.07) is 19.3. The quantitative estimate of drug-likeness (QED) is 0.421. The van der Waals surface area contributed by atoms with Crippen molar-refractivity contribution in [1.82, 2.24) is 9.13 Å². The third-order valence-corrected chi connectivity index (χ3v) is 5.92. The largest absolute Gasteiger partial charge is 0.440 e. The molecule has 1 aliphatic rings. The Morgan fingerprint density at radius 2 is 1.59 bits per heavy atom. The third kappa shape index (κ3) is 2.47. The van der Waals surface area contributed by atoms with Crippen molar-refractivity contribution < 1.29 is 4.74 Å². The molecule has 3 aromatic carbocycles. The molecule has 5 rings (SSSR count). The number of nitrogens with zero attached hydrogens (tertiary/aromatic N) is 2. The summed E-state index contributed by atoms with van der Waals surface area (Å²) in [5.41, 5.74) is 1.26. The lowest BCUT2D eigenvalue weighted by Crippen LogP contribution is -2.41. The number of benzene rings is 3. The molecule has 0 bridgehead atoms. The lowest BCUT2D eigenvalue weighted by atomic mass is 9.81. The second-order valence-corrected chi connectivity index (χ2v) is 7.59. The minimum absolute atomic E-state index is 0.255. The van der Waals surface area contributed by atoms with Crippen LogP contribution >= 0.6 is 11.6 Å². The maximum absolute atomic E-state index is 13.3. The molecule has 5 nitrogen and oxygen atoms in total. The van der Waals surface area contributed by atoms with E-state index in [1.54, 1.807) is 7.05 Å². The van der Waals surface area contributed by atoms with Crippen LogP contribution in [0.15, 0.2) is 70.3 Å². The van der Waals surface area contributed by atoms with E-state index in [4.69, 9.17) is 16.3 Å². The fourth-order valence-corrected chi connectivity index (χ4v) is 4.40. The van der Waals surface area contributed by atoms with Crippen LogP contribution in [0.3, 0.4) is 0 Å². The second-order valence-electron chi connectivity index (χ2n) is 7.18. The number of ether oxygens (including phenoxy) is 1. The SMILES string of the molecule is Cn1c2c(c(=O)n(C)c1=O)C(c1ccccc1Cl)c1c(ccc3ccccc13)O2. The molecule has 0 N–H and O–H groups in total. The summed E-state index contributed by atoms with van der Waals surface area (Å²) in [6.45, 7) is 0. The van der Waals surface area contributed by atoms with Gasteiger partial charge in [0.05, 0.1) is 11.5 Å². The van der Waals surface area contributed by atoms with E-state index in [0.29, 0.717) is 16.3 Å². The van der Waals surface area contributed by atoms with Crippen LogP contribution in [0.1, 0.15) is 22.6 Å². The van der Waals surface area contributed by atoms with E-state index in [9.17, 15) is 9.59 Å². The lowest BCUT2D eigenvalue weighted by molar-refractivity contribution is 0.396. The van der Waals surface area contributed by atoms with Gasteiger partial charge in [0.2, 0.25) is 5.88 Å². The van der Waals surface area contributed by atoms with Crippen LogP contribution in [-0.2, 0) is 14.1 Å². The molecule has 0 amide bonds. The van der Waals surface area contributed by atoms with Gasteiger partial charge in [0.25, 0.3) is 5.56 Å². The first-order valence-corrected chi connectivity index (χ1v) is 9.60. The molecule has 4 aromatic rings. The maximum atomic E-state index is 13.3. The summed E-state index contributed by atoms with van der Waals surface area (Å²) in [7, 11) is 3.09. The first-order chi connectivity index (χ1) is 14.0. The van der Waals surface area contributed by atoms with Gasteiger partial charge in [0.15, 0.2) is 0 Å². The fourth-order valence-electron chi connectivity index (χ4n) is 4.15. The highest BCUT2D eigenvalue weighted by Gasteiger charge is 2.36. The Balaban J connectivity index is 1.98. The van der Waals surface area contributed by atoms with E-state index in [2.05, 4.69) is 0 Å². The first-order valence-electron chi connectivity index (χ1n) is 9.23. The van der Waals surface area contributed by atoms with Crippen LogP contribution < -0.4 is 16.0 Å². The third-order valence-electron chi connectivity index (χ3n) is 5.57. The van der Waals surface area contributed by atoms with Crippen LogP contribution in [0.25, 0.3) is 10.8 Å². The van der Waals surface area contributed by atoms with Crippen LogP contribution in [0.2, 0.25) is 5.02 Å². The summed E-state index contributed by atoms with van der Waals surface area (Å²) in [4.78, 5) is 25.8. The van der Waals surface area contributed by atoms with Crippen LogP contribution in [0.5, 0.6) is 11.6 Å². The summed E-state index contributed by atoms with van der Waals surface area (Å²) in [5.74, 6) is 0.411. The Labute approximate surface area is 171 Å². The van der Waals surface area contributed by atoms with Crippen molar-refractivity contribution in [2.45, 2.75) is 5.92 Å². The maximum Gasteiger partial charge on any atom is 0.333 e. The van der Waals surface area contributed by atoms with Gasteiger partial charge in [0, 0.05) is 24.7 Å². The predicted octanol–water partition coefficient (Wildman–Crippen LogP) is 4.18. The highest BCUT2D eigenvalue weighted by atomic mass is 35.5. The monoisotopic (exact) mass is 404 g/mol. The topological polar surface area (TPSA) is 53.2 Å². The number of aromatic nitrogens is 2. The van der Waals surface area contributed by atoms with E-state index >= 15 is 0 Å². The molecule has 0 saturated heterocycles. The van der Waals surface area contributed by atoms with Gasteiger partial charge in [-0.3, -0.25) is 13.9 Å². The molecule has 0 aliphatic carbocycles. The summed E-state index contributed by atoms with van der Waals surface area (Å²) < 4.78 is 8.62. The Bertz CT molecular complexity index is 1420. The van der Waals surface area contributed by atoms with Gasteiger partial charge in [-0.1, -0.05) is 60.1 Å². The summed E-state index contributed by atoms with van der Waals surface area (Å²) >= 11 is 6.59. The molecule has 1 aliphatic heterocycles. The van der Waals surface area contributed by atoms with E-state index in [-0.39, 0.29) is 11.4 Å². The number of hydrogen-bond acceptors (Lipinski definition) is 3. The van der Waals surface area contributed by atoms with Crippen molar-refractivity contribution in [2.75, 3.05) is 0 Å². The molecular weight excluding hydrogens is 388 g/mol. The Morgan fingerprint density at radius 3 is 2.38 bits per heavy atom. The zero-order valence-electron chi connectivity index (χ0n) is 15.8. The molecule has 1 atom stereocenters. The van der Waals surface area contributed by atoms with Crippen molar-refractivity contribution in [1.29, 1.82) is 0 Å². The van der Waals surface area contributed by atoms with Crippen LogP contribution in [0.4, 0.5) is 0 Å². The zero-order valence-corrected chi connectivity index (χ0v) is 16.6. The molecule has 0 spiro atoms. The van der Waals surface area contributed by atoms with Gasteiger partial charge in [-0.15, -0.1) is 0 Å². The van der Waals surface area contributed by atoms with Gasteiger partial charge >= 0.3 is 5.69 Å².